The topological polar surface area (TPSA) is 60.5 Å². The van der Waals surface area contributed by atoms with Crippen molar-refractivity contribution < 1.29 is 14.3 Å². The van der Waals surface area contributed by atoms with Crippen molar-refractivity contribution in [2.75, 3.05) is 20.3 Å². The SMILES string of the molecule is CCOC(=O)CNCc1ncc(Br)cc1OC. The fourth-order valence-corrected chi connectivity index (χ4v) is 1.56. The summed E-state index contributed by atoms with van der Waals surface area (Å²) in [5.74, 6) is 0.402. The summed E-state index contributed by atoms with van der Waals surface area (Å²) in [7, 11) is 1.58. The molecule has 0 aliphatic rings. The van der Waals surface area contributed by atoms with Gasteiger partial charge in [0, 0.05) is 17.2 Å². The average molecular weight is 303 g/mol. The number of hydrogen-bond acceptors (Lipinski definition) is 5. The first-order valence-corrected chi connectivity index (χ1v) is 6.01. The largest absolute Gasteiger partial charge is 0.495 e. The Kier molecular flexibility index (Phi) is 5.93. The molecule has 0 fully saturated rings. The molecule has 1 N–H and O–H groups in total. The summed E-state index contributed by atoms with van der Waals surface area (Å²) >= 11 is 3.31. The van der Waals surface area contributed by atoms with Crippen LogP contribution < -0.4 is 10.1 Å². The lowest BCUT2D eigenvalue weighted by Gasteiger charge is -2.08. The smallest absolute Gasteiger partial charge is 0.319 e. The van der Waals surface area contributed by atoms with Crippen LogP contribution in [0.15, 0.2) is 16.7 Å². The molecule has 0 atom stereocenters. The summed E-state index contributed by atoms with van der Waals surface area (Å²) in [6.45, 7) is 2.78. The Hall–Kier alpha value is -1.14. The van der Waals surface area contributed by atoms with Gasteiger partial charge in [0.1, 0.15) is 5.75 Å². The summed E-state index contributed by atoms with van der Waals surface area (Å²) in [5, 5.41) is 2.95. The quantitative estimate of drug-likeness (QED) is 0.807. The number of methoxy groups -OCH3 is 1. The van der Waals surface area contributed by atoms with Crippen LogP contribution in [0, 0.1) is 0 Å². The zero-order valence-corrected chi connectivity index (χ0v) is 11.4. The zero-order valence-electron chi connectivity index (χ0n) is 9.83. The van der Waals surface area contributed by atoms with Crippen molar-refractivity contribution >= 4 is 21.9 Å². The number of rotatable bonds is 6. The van der Waals surface area contributed by atoms with Crippen molar-refractivity contribution in [2.24, 2.45) is 0 Å². The average Bonchev–Trinajstić information content (AvgIpc) is 2.31. The lowest BCUT2D eigenvalue weighted by molar-refractivity contribution is -0.142. The molecule has 0 aromatic carbocycles. The Balaban J connectivity index is 2.49. The van der Waals surface area contributed by atoms with Crippen molar-refractivity contribution in [1.29, 1.82) is 0 Å². The van der Waals surface area contributed by atoms with E-state index in [1.165, 1.54) is 0 Å². The summed E-state index contributed by atoms with van der Waals surface area (Å²) in [6.07, 6.45) is 1.68. The molecule has 17 heavy (non-hydrogen) atoms. The Morgan fingerprint density at radius 2 is 2.35 bits per heavy atom. The summed E-state index contributed by atoms with van der Waals surface area (Å²) in [5.41, 5.74) is 0.750. The number of hydrogen-bond donors (Lipinski definition) is 1. The second-order valence-corrected chi connectivity index (χ2v) is 4.13. The van der Waals surface area contributed by atoms with Gasteiger partial charge < -0.3 is 14.8 Å². The molecule has 0 saturated carbocycles. The van der Waals surface area contributed by atoms with Gasteiger partial charge in [0.05, 0.1) is 26.0 Å². The van der Waals surface area contributed by atoms with Gasteiger partial charge >= 0.3 is 5.97 Å². The number of esters is 1. The molecule has 1 aromatic rings. The third-order valence-corrected chi connectivity index (χ3v) is 2.42. The molecule has 6 heteroatoms. The number of aromatic nitrogens is 1. The second-order valence-electron chi connectivity index (χ2n) is 3.21. The Bertz CT molecular complexity index is 385. The predicted octanol–water partition coefficient (Wildman–Crippen LogP) is 1.51. The van der Waals surface area contributed by atoms with E-state index >= 15 is 0 Å². The van der Waals surface area contributed by atoms with Gasteiger partial charge in [-0.2, -0.15) is 0 Å². The van der Waals surface area contributed by atoms with Gasteiger partial charge in [-0.1, -0.05) is 0 Å². The van der Waals surface area contributed by atoms with Crippen LogP contribution in [0.5, 0.6) is 5.75 Å². The highest BCUT2D eigenvalue weighted by molar-refractivity contribution is 9.10. The number of nitrogens with zero attached hydrogens (tertiary/aromatic N) is 1. The van der Waals surface area contributed by atoms with Crippen molar-refractivity contribution in [1.82, 2.24) is 10.3 Å². The standard InChI is InChI=1S/C11H15BrN2O3/c1-3-17-11(15)7-13-6-9-10(16-2)4-8(12)5-14-9/h4-5,13H,3,6-7H2,1-2H3. The molecule has 0 aliphatic carbocycles. The molecule has 0 aliphatic heterocycles. The fraction of sp³-hybridized carbons (Fsp3) is 0.455. The Morgan fingerprint density at radius 1 is 1.59 bits per heavy atom. The first kappa shape index (κ1) is 13.9. The summed E-state index contributed by atoms with van der Waals surface area (Å²) in [6, 6.07) is 1.83. The Labute approximate surface area is 109 Å². The van der Waals surface area contributed by atoms with Crippen LogP contribution in [-0.4, -0.2) is 31.2 Å². The van der Waals surface area contributed by atoms with Gasteiger partial charge in [0.25, 0.3) is 0 Å². The molecule has 1 heterocycles. The van der Waals surface area contributed by atoms with Crippen LogP contribution in [0.2, 0.25) is 0 Å². The van der Waals surface area contributed by atoms with Gasteiger partial charge in [-0.05, 0) is 28.9 Å². The third-order valence-electron chi connectivity index (χ3n) is 1.98. The van der Waals surface area contributed by atoms with E-state index in [0.29, 0.717) is 18.9 Å². The molecule has 0 spiro atoms. The molecule has 0 unspecified atom stereocenters. The highest BCUT2D eigenvalue weighted by Crippen LogP contribution is 2.20. The number of ether oxygens (including phenoxy) is 2. The van der Waals surface area contributed by atoms with Gasteiger partial charge in [-0.25, -0.2) is 0 Å². The van der Waals surface area contributed by atoms with Crippen LogP contribution in [0.4, 0.5) is 0 Å². The van der Waals surface area contributed by atoms with Gasteiger partial charge in [-0.15, -0.1) is 0 Å². The third kappa shape index (κ3) is 4.70. The first-order chi connectivity index (χ1) is 8.17. The molecule has 0 amide bonds. The van der Waals surface area contributed by atoms with E-state index in [1.54, 1.807) is 20.2 Å². The molecule has 0 radical (unpaired) electrons. The van der Waals surface area contributed by atoms with Crippen LogP contribution >= 0.6 is 15.9 Å². The lowest BCUT2D eigenvalue weighted by Crippen LogP contribution is -2.24. The number of carbonyl (C=O) groups is 1. The Morgan fingerprint density at radius 3 is 3.00 bits per heavy atom. The number of carbonyl (C=O) groups excluding carboxylic acids is 1. The minimum absolute atomic E-state index is 0.161. The zero-order chi connectivity index (χ0) is 12.7. The number of nitrogens with one attached hydrogen (secondary N) is 1. The highest BCUT2D eigenvalue weighted by atomic mass is 79.9. The van der Waals surface area contributed by atoms with Gasteiger partial charge in [-0.3, -0.25) is 9.78 Å². The lowest BCUT2D eigenvalue weighted by atomic mass is 10.3. The van der Waals surface area contributed by atoms with Crippen molar-refractivity contribution in [3.63, 3.8) is 0 Å². The summed E-state index contributed by atoms with van der Waals surface area (Å²) in [4.78, 5) is 15.3. The van der Waals surface area contributed by atoms with Gasteiger partial charge in [0.15, 0.2) is 0 Å². The van der Waals surface area contributed by atoms with E-state index in [2.05, 4.69) is 26.2 Å². The second kappa shape index (κ2) is 7.24. The van der Waals surface area contributed by atoms with Crippen LogP contribution in [0.1, 0.15) is 12.6 Å². The molecular weight excluding hydrogens is 288 g/mol. The fourth-order valence-electron chi connectivity index (χ4n) is 1.25. The molecule has 1 rings (SSSR count). The van der Waals surface area contributed by atoms with Crippen molar-refractivity contribution in [3.8, 4) is 5.75 Å². The van der Waals surface area contributed by atoms with Crippen LogP contribution in [0.25, 0.3) is 0 Å². The maximum Gasteiger partial charge on any atom is 0.319 e. The minimum Gasteiger partial charge on any atom is -0.495 e. The molecule has 0 saturated heterocycles. The van der Waals surface area contributed by atoms with E-state index in [1.807, 2.05) is 6.07 Å². The van der Waals surface area contributed by atoms with Gasteiger partial charge in [0.2, 0.25) is 0 Å². The van der Waals surface area contributed by atoms with Crippen LogP contribution in [0.3, 0.4) is 0 Å². The maximum atomic E-state index is 11.1. The molecular formula is C11H15BrN2O3. The van der Waals surface area contributed by atoms with E-state index < -0.39 is 0 Å². The van der Waals surface area contributed by atoms with E-state index in [9.17, 15) is 4.79 Å². The monoisotopic (exact) mass is 302 g/mol. The molecule has 0 bridgehead atoms. The minimum atomic E-state index is -0.274. The van der Waals surface area contributed by atoms with Crippen LogP contribution in [-0.2, 0) is 16.1 Å². The number of pyridine rings is 1. The van der Waals surface area contributed by atoms with Crippen molar-refractivity contribution in [3.05, 3.63) is 22.4 Å². The first-order valence-electron chi connectivity index (χ1n) is 5.22. The maximum absolute atomic E-state index is 11.1. The van der Waals surface area contributed by atoms with E-state index in [-0.39, 0.29) is 12.5 Å². The molecule has 94 valence electrons. The van der Waals surface area contributed by atoms with Crippen molar-refractivity contribution in [2.45, 2.75) is 13.5 Å². The normalized spacial score (nSPS) is 10.1. The highest BCUT2D eigenvalue weighted by Gasteiger charge is 2.06. The predicted molar refractivity (Wildman–Crippen MR) is 66.8 cm³/mol. The molecule has 5 nitrogen and oxygen atoms in total. The van der Waals surface area contributed by atoms with E-state index in [4.69, 9.17) is 9.47 Å². The summed E-state index contributed by atoms with van der Waals surface area (Å²) < 4.78 is 10.8. The number of halogens is 1. The molecule has 1 aromatic heterocycles. The van der Waals surface area contributed by atoms with E-state index in [0.717, 1.165) is 10.2 Å².